The minimum absolute atomic E-state index is 0.0160. The maximum absolute atomic E-state index is 11.9. The monoisotopic (exact) mass is 412 g/mol. The molecule has 2 N–H and O–H groups in total. The molecule has 0 saturated carbocycles. The van der Waals surface area contributed by atoms with E-state index >= 15 is 0 Å². The van der Waals surface area contributed by atoms with Crippen molar-refractivity contribution >= 4 is 31.8 Å². The van der Waals surface area contributed by atoms with Crippen molar-refractivity contribution in [3.05, 3.63) is 47.5 Å². The SMILES string of the molecule is CCC(=O)c1ccc(-c2ccc(C(C)=O)c(S(=O)(=O)O)c2)cc1S(=O)(=O)O. The van der Waals surface area contributed by atoms with Gasteiger partial charge in [-0.3, -0.25) is 18.7 Å². The van der Waals surface area contributed by atoms with Crippen molar-refractivity contribution in [2.75, 3.05) is 0 Å². The van der Waals surface area contributed by atoms with Gasteiger partial charge in [0.2, 0.25) is 0 Å². The van der Waals surface area contributed by atoms with Crippen molar-refractivity contribution in [3.8, 4) is 11.1 Å². The summed E-state index contributed by atoms with van der Waals surface area (Å²) in [6.45, 7) is 2.66. The predicted octanol–water partition coefficient (Wildman–Crippen LogP) is 2.64. The molecule has 0 heterocycles. The lowest BCUT2D eigenvalue weighted by molar-refractivity contribution is 0.0982. The van der Waals surface area contributed by atoms with Crippen LogP contribution in [0.4, 0.5) is 0 Å². The average Bonchev–Trinajstić information content (AvgIpc) is 2.58. The maximum Gasteiger partial charge on any atom is 0.295 e. The molecule has 0 radical (unpaired) electrons. The molecule has 0 aromatic heterocycles. The van der Waals surface area contributed by atoms with Crippen LogP contribution < -0.4 is 0 Å². The van der Waals surface area contributed by atoms with Gasteiger partial charge in [-0.1, -0.05) is 19.1 Å². The molecule has 2 rings (SSSR count). The Morgan fingerprint density at radius 1 is 0.815 bits per heavy atom. The number of hydrogen-bond acceptors (Lipinski definition) is 6. The molecular formula is C17H16O8S2. The molecule has 144 valence electrons. The average molecular weight is 412 g/mol. The Kier molecular flexibility index (Phi) is 5.66. The molecule has 0 aliphatic carbocycles. The number of Topliss-reactive ketones (excluding diaryl/α,β-unsaturated/α-hetero) is 2. The van der Waals surface area contributed by atoms with E-state index < -0.39 is 41.6 Å². The fraction of sp³-hybridized carbons (Fsp3) is 0.176. The second kappa shape index (κ2) is 7.31. The molecule has 0 fully saturated rings. The number of carbonyl (C=O) groups excluding carboxylic acids is 2. The first kappa shape index (κ1) is 20.9. The van der Waals surface area contributed by atoms with E-state index in [2.05, 4.69) is 0 Å². The van der Waals surface area contributed by atoms with Crippen molar-refractivity contribution in [1.82, 2.24) is 0 Å². The largest absolute Gasteiger partial charge is 0.295 e. The van der Waals surface area contributed by atoms with Crippen LogP contribution in [0.3, 0.4) is 0 Å². The van der Waals surface area contributed by atoms with Gasteiger partial charge in [0.05, 0.1) is 0 Å². The van der Waals surface area contributed by atoms with Gasteiger partial charge < -0.3 is 0 Å². The fourth-order valence-corrected chi connectivity index (χ4v) is 4.04. The molecule has 8 nitrogen and oxygen atoms in total. The predicted molar refractivity (Wildman–Crippen MR) is 96.1 cm³/mol. The first-order valence-electron chi connectivity index (χ1n) is 7.64. The van der Waals surface area contributed by atoms with Gasteiger partial charge in [0, 0.05) is 17.5 Å². The Morgan fingerprint density at radius 2 is 1.22 bits per heavy atom. The van der Waals surface area contributed by atoms with E-state index in [1.165, 1.54) is 31.2 Å². The van der Waals surface area contributed by atoms with Crippen LogP contribution in [0.5, 0.6) is 0 Å². The summed E-state index contributed by atoms with van der Waals surface area (Å²) in [7, 11) is -9.44. The Hall–Kier alpha value is -2.40. The number of benzene rings is 2. The maximum atomic E-state index is 11.9. The highest BCUT2D eigenvalue weighted by Crippen LogP contribution is 2.29. The van der Waals surface area contributed by atoms with Gasteiger partial charge in [0.15, 0.2) is 11.6 Å². The summed E-state index contributed by atoms with van der Waals surface area (Å²) in [5, 5.41) is 0. The van der Waals surface area contributed by atoms with Crippen LogP contribution in [0.15, 0.2) is 46.2 Å². The molecule has 10 heteroatoms. The van der Waals surface area contributed by atoms with E-state index in [1.807, 2.05) is 0 Å². The lowest BCUT2D eigenvalue weighted by atomic mass is 10.00. The summed E-state index contributed by atoms with van der Waals surface area (Å²) in [4.78, 5) is 22.2. The topological polar surface area (TPSA) is 143 Å². The van der Waals surface area contributed by atoms with Gasteiger partial charge in [-0.15, -0.1) is 0 Å². The van der Waals surface area contributed by atoms with E-state index in [0.29, 0.717) is 0 Å². The van der Waals surface area contributed by atoms with Gasteiger partial charge in [0.25, 0.3) is 20.2 Å². The van der Waals surface area contributed by atoms with Crippen LogP contribution in [-0.2, 0) is 20.2 Å². The first-order chi connectivity index (χ1) is 12.4. The first-order valence-corrected chi connectivity index (χ1v) is 10.5. The van der Waals surface area contributed by atoms with E-state index in [-0.39, 0.29) is 28.7 Å². The molecule has 27 heavy (non-hydrogen) atoms. The molecule has 0 bridgehead atoms. The van der Waals surface area contributed by atoms with Gasteiger partial charge in [-0.25, -0.2) is 0 Å². The van der Waals surface area contributed by atoms with Gasteiger partial charge >= 0.3 is 0 Å². The third kappa shape index (κ3) is 4.48. The third-order valence-electron chi connectivity index (χ3n) is 3.85. The smallest absolute Gasteiger partial charge is 0.294 e. The summed E-state index contributed by atoms with van der Waals surface area (Å²) in [6, 6.07) is 7.14. The van der Waals surface area contributed by atoms with Crippen LogP contribution in [0.25, 0.3) is 11.1 Å². The number of ketones is 2. The van der Waals surface area contributed by atoms with E-state index in [1.54, 1.807) is 0 Å². The summed E-state index contributed by atoms with van der Waals surface area (Å²) in [5.74, 6) is -1.09. The van der Waals surface area contributed by atoms with Crippen LogP contribution in [-0.4, -0.2) is 37.5 Å². The summed E-state index contributed by atoms with van der Waals surface area (Å²) >= 11 is 0. The van der Waals surface area contributed by atoms with Crippen LogP contribution in [0.1, 0.15) is 41.0 Å². The minimum atomic E-state index is -4.72. The van der Waals surface area contributed by atoms with Crippen molar-refractivity contribution in [2.45, 2.75) is 30.1 Å². The standard InChI is InChI=1S/C17H16O8S2/c1-3-15(19)14-7-5-12(9-17(14)27(23,24)25)11-4-6-13(10(2)18)16(8-11)26(20,21)22/h4-9H,3H2,1-2H3,(H,20,21,22)(H,23,24,25). The molecule has 0 atom stereocenters. The van der Waals surface area contributed by atoms with Crippen LogP contribution in [0, 0.1) is 0 Å². The molecule has 0 unspecified atom stereocenters. The quantitative estimate of drug-likeness (QED) is 0.544. The Morgan fingerprint density at radius 3 is 1.59 bits per heavy atom. The van der Waals surface area contributed by atoms with Crippen molar-refractivity contribution in [1.29, 1.82) is 0 Å². The lowest BCUT2D eigenvalue weighted by Crippen LogP contribution is -2.09. The van der Waals surface area contributed by atoms with E-state index in [4.69, 9.17) is 0 Å². The molecule has 0 aliphatic rings. The van der Waals surface area contributed by atoms with Gasteiger partial charge in [0.1, 0.15) is 9.79 Å². The van der Waals surface area contributed by atoms with Gasteiger partial charge in [-0.05, 0) is 42.3 Å². The van der Waals surface area contributed by atoms with Crippen LogP contribution in [0.2, 0.25) is 0 Å². The normalized spacial score (nSPS) is 12.0. The second-order valence-corrected chi connectivity index (χ2v) is 8.48. The molecule has 0 saturated heterocycles. The zero-order valence-electron chi connectivity index (χ0n) is 14.3. The Bertz CT molecular complexity index is 1150. The third-order valence-corrected chi connectivity index (χ3v) is 5.64. The second-order valence-electron chi connectivity index (χ2n) is 5.70. The summed E-state index contributed by atoms with van der Waals surface area (Å²) in [6.07, 6.45) is 0.0160. The zero-order valence-corrected chi connectivity index (χ0v) is 16.0. The van der Waals surface area contributed by atoms with Crippen molar-refractivity contribution in [2.24, 2.45) is 0 Å². The molecule has 0 amide bonds. The number of hydrogen-bond donors (Lipinski definition) is 2. The van der Waals surface area contributed by atoms with Crippen molar-refractivity contribution < 1.29 is 35.5 Å². The Labute approximate surface area is 156 Å². The van der Waals surface area contributed by atoms with Crippen molar-refractivity contribution in [3.63, 3.8) is 0 Å². The number of carbonyl (C=O) groups is 2. The summed E-state index contributed by atoms with van der Waals surface area (Å²) < 4.78 is 65.2. The molecule has 2 aromatic carbocycles. The molecule has 0 spiro atoms. The molecule has 2 aromatic rings. The Balaban J connectivity index is 2.76. The highest BCUT2D eigenvalue weighted by atomic mass is 32.2. The highest BCUT2D eigenvalue weighted by molar-refractivity contribution is 7.86. The highest BCUT2D eigenvalue weighted by Gasteiger charge is 2.22. The minimum Gasteiger partial charge on any atom is -0.294 e. The summed E-state index contributed by atoms with van der Waals surface area (Å²) in [5.41, 5.74) is -0.101. The van der Waals surface area contributed by atoms with Gasteiger partial charge in [-0.2, -0.15) is 16.8 Å². The molecular weight excluding hydrogens is 396 g/mol. The lowest BCUT2D eigenvalue weighted by Gasteiger charge is -2.11. The number of rotatable bonds is 6. The zero-order chi connectivity index (χ0) is 20.6. The molecule has 0 aliphatic heterocycles. The van der Waals surface area contributed by atoms with Crippen LogP contribution >= 0.6 is 0 Å². The van der Waals surface area contributed by atoms with E-state index in [9.17, 15) is 35.5 Å². The van der Waals surface area contributed by atoms with E-state index in [0.717, 1.165) is 19.1 Å². The fourth-order valence-electron chi connectivity index (χ4n) is 2.54.